The highest BCUT2D eigenvalue weighted by Crippen LogP contribution is 2.34. The molecule has 1 saturated heterocycles. The lowest BCUT2D eigenvalue weighted by Crippen LogP contribution is -2.33. The van der Waals surface area contributed by atoms with Crippen LogP contribution in [-0.2, 0) is 17.6 Å². The summed E-state index contributed by atoms with van der Waals surface area (Å²) < 4.78 is 5.81. The summed E-state index contributed by atoms with van der Waals surface area (Å²) in [6.07, 6.45) is 2.22. The fourth-order valence-corrected chi connectivity index (χ4v) is 4.86. The van der Waals surface area contributed by atoms with Crippen molar-refractivity contribution in [3.8, 4) is 5.75 Å². The van der Waals surface area contributed by atoms with Crippen LogP contribution in [0.25, 0.3) is 0 Å². The second-order valence-corrected chi connectivity index (χ2v) is 9.21. The molecule has 0 spiro atoms. The Labute approximate surface area is 184 Å². The molecule has 5 heteroatoms. The molecular weight excluding hydrogens is 394 g/mol. The molecule has 2 aromatic carbocycles. The highest BCUT2D eigenvalue weighted by Gasteiger charge is 2.39. The Morgan fingerprint density at radius 3 is 2.53 bits per heavy atom. The molecule has 2 aromatic rings. The molecule has 0 aliphatic carbocycles. The fraction of sp³-hybridized carbons (Fsp3) is 0.440. The van der Waals surface area contributed by atoms with E-state index >= 15 is 0 Å². The maximum atomic E-state index is 12.9. The normalized spacial score (nSPS) is 16.6. The number of nitrogens with zero attached hydrogens (tertiary/aromatic N) is 1. The van der Waals surface area contributed by atoms with Crippen molar-refractivity contribution in [2.75, 3.05) is 13.2 Å². The van der Waals surface area contributed by atoms with Crippen molar-refractivity contribution in [3.05, 3.63) is 64.7 Å². The van der Waals surface area contributed by atoms with Crippen LogP contribution in [0.2, 0.25) is 0 Å². The standard InChI is InChI=1S/C25H31NO3S/c1-5-29-22-14-18(4)20(15-21(22)17(2)3)16-23-24(27)26(25(28)30-23)13-9-12-19-10-7-6-8-11-19/h6-8,10-11,14-15,17,23H,5,9,12-13,16H2,1-4H3/t23-/m1/s1. The van der Waals surface area contributed by atoms with Crippen LogP contribution < -0.4 is 4.74 Å². The number of carbonyl (C=O) groups is 2. The van der Waals surface area contributed by atoms with Crippen LogP contribution in [0.15, 0.2) is 42.5 Å². The first-order valence-corrected chi connectivity index (χ1v) is 11.6. The number of aryl methyl sites for hydroxylation is 2. The second-order valence-electron chi connectivity index (χ2n) is 8.06. The Kier molecular flexibility index (Phi) is 7.59. The van der Waals surface area contributed by atoms with E-state index in [4.69, 9.17) is 4.74 Å². The van der Waals surface area contributed by atoms with Crippen molar-refractivity contribution in [1.29, 1.82) is 0 Å². The maximum Gasteiger partial charge on any atom is 0.289 e. The van der Waals surface area contributed by atoms with Gasteiger partial charge in [-0.3, -0.25) is 14.5 Å². The number of benzene rings is 2. The number of carbonyl (C=O) groups excluding carboxylic acids is 2. The third-order valence-electron chi connectivity index (χ3n) is 5.49. The Hall–Kier alpha value is -2.27. The van der Waals surface area contributed by atoms with Gasteiger partial charge in [0, 0.05) is 6.54 Å². The molecule has 1 fully saturated rings. The summed E-state index contributed by atoms with van der Waals surface area (Å²) in [5, 5.41) is -0.461. The topological polar surface area (TPSA) is 46.6 Å². The van der Waals surface area contributed by atoms with E-state index < -0.39 is 0 Å². The summed E-state index contributed by atoms with van der Waals surface area (Å²) in [6.45, 7) is 9.43. The molecule has 1 aliphatic heterocycles. The zero-order valence-electron chi connectivity index (χ0n) is 18.3. The molecule has 0 radical (unpaired) electrons. The highest BCUT2D eigenvalue weighted by atomic mass is 32.2. The van der Waals surface area contributed by atoms with E-state index in [0.29, 0.717) is 25.5 Å². The molecule has 0 aromatic heterocycles. The van der Waals surface area contributed by atoms with Crippen molar-refractivity contribution in [3.63, 3.8) is 0 Å². The summed E-state index contributed by atoms with van der Waals surface area (Å²) in [5.41, 5.74) is 4.60. The van der Waals surface area contributed by atoms with Gasteiger partial charge < -0.3 is 4.74 Å². The van der Waals surface area contributed by atoms with Gasteiger partial charge in [-0.15, -0.1) is 0 Å². The molecule has 4 nitrogen and oxygen atoms in total. The quantitative estimate of drug-likeness (QED) is 0.513. The van der Waals surface area contributed by atoms with Crippen molar-refractivity contribution in [2.45, 2.75) is 58.1 Å². The van der Waals surface area contributed by atoms with Crippen LogP contribution in [0.3, 0.4) is 0 Å². The monoisotopic (exact) mass is 425 g/mol. The summed E-state index contributed by atoms with van der Waals surface area (Å²) in [4.78, 5) is 26.8. The average molecular weight is 426 g/mol. The van der Waals surface area contributed by atoms with Gasteiger partial charge in [0.05, 0.1) is 11.9 Å². The van der Waals surface area contributed by atoms with E-state index in [-0.39, 0.29) is 16.4 Å². The fourth-order valence-electron chi connectivity index (χ4n) is 3.81. The van der Waals surface area contributed by atoms with Crippen LogP contribution in [0.4, 0.5) is 4.79 Å². The van der Waals surface area contributed by atoms with Crippen molar-refractivity contribution >= 4 is 22.9 Å². The van der Waals surface area contributed by atoms with Gasteiger partial charge in [0.1, 0.15) is 5.75 Å². The van der Waals surface area contributed by atoms with Crippen LogP contribution >= 0.6 is 11.8 Å². The maximum absolute atomic E-state index is 12.9. The minimum absolute atomic E-state index is 0.0579. The first kappa shape index (κ1) is 22.4. The molecule has 1 atom stereocenters. The van der Waals surface area contributed by atoms with Gasteiger partial charge in [0.15, 0.2) is 0 Å². The van der Waals surface area contributed by atoms with Gasteiger partial charge in [0.25, 0.3) is 5.24 Å². The largest absolute Gasteiger partial charge is 0.494 e. The lowest BCUT2D eigenvalue weighted by Gasteiger charge is -2.18. The molecule has 30 heavy (non-hydrogen) atoms. The number of imide groups is 1. The first-order valence-electron chi connectivity index (χ1n) is 10.7. The Morgan fingerprint density at radius 1 is 1.13 bits per heavy atom. The minimum atomic E-state index is -0.342. The van der Waals surface area contributed by atoms with E-state index in [0.717, 1.165) is 35.3 Å². The molecule has 1 aliphatic rings. The molecule has 0 bridgehead atoms. The summed E-state index contributed by atoms with van der Waals surface area (Å²) in [7, 11) is 0. The third kappa shape index (κ3) is 5.25. The zero-order valence-corrected chi connectivity index (χ0v) is 19.1. The van der Waals surface area contributed by atoms with E-state index in [1.807, 2.05) is 32.0 Å². The minimum Gasteiger partial charge on any atom is -0.494 e. The van der Waals surface area contributed by atoms with Crippen molar-refractivity contribution in [2.24, 2.45) is 0 Å². The molecule has 0 N–H and O–H groups in total. The van der Waals surface area contributed by atoms with Gasteiger partial charge in [-0.05, 0) is 67.3 Å². The first-order chi connectivity index (χ1) is 14.4. The van der Waals surface area contributed by atoms with Crippen LogP contribution in [-0.4, -0.2) is 34.4 Å². The third-order valence-corrected chi connectivity index (χ3v) is 6.57. The highest BCUT2D eigenvalue weighted by molar-refractivity contribution is 8.15. The molecule has 160 valence electrons. The number of rotatable bonds is 9. The smallest absolute Gasteiger partial charge is 0.289 e. The van der Waals surface area contributed by atoms with Gasteiger partial charge >= 0.3 is 0 Å². The number of amides is 2. The lowest BCUT2D eigenvalue weighted by molar-refractivity contribution is -0.126. The predicted octanol–water partition coefficient (Wildman–Crippen LogP) is 5.76. The molecule has 0 unspecified atom stereocenters. The Bertz CT molecular complexity index is 895. The van der Waals surface area contributed by atoms with Crippen LogP contribution in [0.1, 0.15) is 55.4 Å². The predicted molar refractivity (Wildman–Crippen MR) is 123 cm³/mol. The lowest BCUT2D eigenvalue weighted by atomic mass is 9.94. The van der Waals surface area contributed by atoms with Gasteiger partial charge in [-0.2, -0.15) is 0 Å². The molecule has 2 amide bonds. The van der Waals surface area contributed by atoms with E-state index in [1.54, 1.807) is 0 Å². The Morgan fingerprint density at radius 2 is 1.87 bits per heavy atom. The van der Waals surface area contributed by atoms with Gasteiger partial charge in [-0.1, -0.05) is 62.0 Å². The average Bonchev–Trinajstić information content (AvgIpc) is 2.98. The van der Waals surface area contributed by atoms with Crippen molar-refractivity contribution in [1.82, 2.24) is 4.90 Å². The molecular formula is C25H31NO3S. The number of thioether (sulfide) groups is 1. The molecule has 3 rings (SSSR count). The van der Waals surface area contributed by atoms with Crippen LogP contribution in [0.5, 0.6) is 5.75 Å². The molecule has 1 heterocycles. The summed E-state index contributed by atoms with van der Waals surface area (Å²) >= 11 is 1.17. The molecule has 0 saturated carbocycles. The SMILES string of the molecule is CCOc1cc(C)c(C[C@H]2SC(=O)N(CCCc3ccccc3)C2=O)cc1C(C)C. The van der Waals surface area contributed by atoms with E-state index in [2.05, 4.69) is 38.1 Å². The second kappa shape index (κ2) is 10.2. The van der Waals surface area contributed by atoms with E-state index in [9.17, 15) is 9.59 Å². The number of hydrogen-bond acceptors (Lipinski definition) is 4. The summed E-state index contributed by atoms with van der Waals surface area (Å²) in [6, 6.07) is 14.4. The summed E-state index contributed by atoms with van der Waals surface area (Å²) in [5.74, 6) is 1.18. The van der Waals surface area contributed by atoms with Gasteiger partial charge in [-0.25, -0.2) is 0 Å². The van der Waals surface area contributed by atoms with Crippen LogP contribution in [0, 0.1) is 6.92 Å². The number of hydrogen-bond donors (Lipinski definition) is 0. The van der Waals surface area contributed by atoms with Crippen molar-refractivity contribution < 1.29 is 14.3 Å². The number of ether oxygens (including phenoxy) is 1. The van der Waals surface area contributed by atoms with Gasteiger partial charge in [0.2, 0.25) is 5.91 Å². The zero-order chi connectivity index (χ0) is 21.7. The Balaban J connectivity index is 1.66. The van der Waals surface area contributed by atoms with E-state index in [1.165, 1.54) is 22.2 Å².